The van der Waals surface area contributed by atoms with Gasteiger partial charge in [0.05, 0.1) is 13.2 Å². The third-order valence-electron chi connectivity index (χ3n) is 3.88. The molecule has 176 valence electrons. The molecule has 0 bridgehead atoms. The number of ether oxygens (including phenoxy) is 2. The summed E-state index contributed by atoms with van der Waals surface area (Å²) in [5, 5.41) is 0. The summed E-state index contributed by atoms with van der Waals surface area (Å²) >= 11 is 6.62. The van der Waals surface area contributed by atoms with Crippen LogP contribution in [-0.2, 0) is 31.5 Å². The fourth-order valence-electron chi connectivity index (χ4n) is 2.65. The van der Waals surface area contributed by atoms with E-state index in [1.54, 1.807) is 13.8 Å². The van der Waals surface area contributed by atoms with E-state index in [9.17, 15) is 18.0 Å². The standard InChI is InChI=1S/C11H12BrClO4S.C11H13BrO2/c1-3-17-10-5-8(4-7(2)14)9(12)6-11(10)18(13,15)16;1-3-14-10-4-5-11(12)9(7-10)6-8(2)13/h5-6H,3-4H2,1-2H3;4-5,7H,3,6H2,1-2H3. The molecule has 0 atom stereocenters. The van der Waals surface area contributed by atoms with Crippen molar-refractivity contribution in [3.63, 3.8) is 0 Å². The first-order valence-electron chi connectivity index (χ1n) is 9.68. The van der Waals surface area contributed by atoms with Crippen molar-refractivity contribution in [2.75, 3.05) is 13.2 Å². The molecule has 32 heavy (non-hydrogen) atoms. The first kappa shape index (κ1) is 28.6. The molecular formula is C22H25Br2ClO6S. The summed E-state index contributed by atoms with van der Waals surface area (Å²) < 4.78 is 34.9. The van der Waals surface area contributed by atoms with E-state index in [1.165, 1.54) is 19.1 Å². The van der Waals surface area contributed by atoms with Crippen molar-refractivity contribution < 1.29 is 27.5 Å². The van der Waals surface area contributed by atoms with Crippen molar-refractivity contribution >= 4 is 63.2 Å². The average molecular weight is 613 g/mol. The molecule has 2 rings (SSSR count). The van der Waals surface area contributed by atoms with Crippen LogP contribution >= 0.6 is 42.5 Å². The molecule has 0 unspecified atom stereocenters. The van der Waals surface area contributed by atoms with Crippen molar-refractivity contribution in [1.29, 1.82) is 0 Å². The van der Waals surface area contributed by atoms with Gasteiger partial charge in [-0.25, -0.2) is 8.42 Å². The highest BCUT2D eigenvalue weighted by Gasteiger charge is 2.20. The number of Topliss-reactive ketones (excluding diaryl/α,β-unsaturated/α-hetero) is 2. The van der Waals surface area contributed by atoms with Gasteiger partial charge in [0.25, 0.3) is 9.05 Å². The molecule has 10 heteroatoms. The highest BCUT2D eigenvalue weighted by atomic mass is 79.9. The van der Waals surface area contributed by atoms with Crippen molar-refractivity contribution in [3.8, 4) is 11.5 Å². The average Bonchev–Trinajstić information content (AvgIpc) is 2.66. The Kier molecular flexibility index (Phi) is 11.9. The lowest BCUT2D eigenvalue weighted by Gasteiger charge is -2.11. The van der Waals surface area contributed by atoms with Crippen LogP contribution in [0.2, 0.25) is 0 Å². The Balaban J connectivity index is 0.000000330. The van der Waals surface area contributed by atoms with Gasteiger partial charge in [-0.15, -0.1) is 0 Å². The minimum absolute atomic E-state index is 0.0281. The van der Waals surface area contributed by atoms with Crippen molar-refractivity contribution in [1.82, 2.24) is 0 Å². The molecule has 0 radical (unpaired) electrons. The lowest BCUT2D eigenvalue weighted by atomic mass is 10.1. The maximum Gasteiger partial charge on any atom is 0.265 e. The van der Waals surface area contributed by atoms with Gasteiger partial charge >= 0.3 is 0 Å². The minimum atomic E-state index is -3.89. The molecule has 0 heterocycles. The van der Waals surface area contributed by atoms with E-state index in [0.717, 1.165) is 15.8 Å². The Hall–Kier alpha value is -1.42. The van der Waals surface area contributed by atoms with Crippen LogP contribution in [0, 0.1) is 0 Å². The molecule has 0 aliphatic carbocycles. The summed E-state index contributed by atoms with van der Waals surface area (Å²) in [5.41, 5.74) is 1.64. The van der Waals surface area contributed by atoms with Crippen LogP contribution in [0.25, 0.3) is 0 Å². The monoisotopic (exact) mass is 610 g/mol. The molecule has 0 aliphatic heterocycles. The third-order valence-corrected chi connectivity index (χ3v) is 6.74. The molecule has 0 aromatic heterocycles. The second-order valence-corrected chi connectivity index (χ2v) is 10.9. The molecule has 2 aromatic rings. The van der Waals surface area contributed by atoms with Crippen LogP contribution in [0.4, 0.5) is 0 Å². The molecule has 0 spiro atoms. The van der Waals surface area contributed by atoms with E-state index in [4.69, 9.17) is 20.2 Å². The number of carbonyl (C=O) groups is 2. The van der Waals surface area contributed by atoms with E-state index < -0.39 is 9.05 Å². The van der Waals surface area contributed by atoms with E-state index in [-0.39, 0.29) is 28.6 Å². The molecule has 0 fully saturated rings. The van der Waals surface area contributed by atoms with Gasteiger partial charge in [0.2, 0.25) is 0 Å². The summed E-state index contributed by atoms with van der Waals surface area (Å²) in [7, 11) is 1.44. The number of carbonyl (C=O) groups excluding carboxylic acids is 2. The van der Waals surface area contributed by atoms with Crippen molar-refractivity contribution in [2.24, 2.45) is 0 Å². The van der Waals surface area contributed by atoms with Gasteiger partial charge < -0.3 is 9.47 Å². The predicted molar refractivity (Wildman–Crippen MR) is 132 cm³/mol. The van der Waals surface area contributed by atoms with Crippen LogP contribution in [0.1, 0.15) is 38.8 Å². The molecular weight excluding hydrogens is 588 g/mol. The van der Waals surface area contributed by atoms with Crippen LogP contribution < -0.4 is 9.47 Å². The quantitative estimate of drug-likeness (QED) is 0.329. The molecule has 0 aliphatic rings. The zero-order chi connectivity index (χ0) is 24.5. The van der Waals surface area contributed by atoms with Gasteiger partial charge in [0.1, 0.15) is 28.0 Å². The third kappa shape index (κ3) is 9.60. The van der Waals surface area contributed by atoms with Gasteiger partial charge in [-0.3, -0.25) is 9.59 Å². The number of ketones is 2. The van der Waals surface area contributed by atoms with Crippen LogP contribution in [0.3, 0.4) is 0 Å². The van der Waals surface area contributed by atoms with Gasteiger partial charge in [-0.2, -0.15) is 0 Å². The maximum atomic E-state index is 11.4. The normalized spacial score (nSPS) is 10.7. The first-order chi connectivity index (χ1) is 14.9. The molecule has 0 saturated heterocycles. The van der Waals surface area contributed by atoms with E-state index in [2.05, 4.69) is 31.9 Å². The Labute approximate surface area is 210 Å². The Morgan fingerprint density at radius 3 is 1.88 bits per heavy atom. The second kappa shape index (κ2) is 13.3. The Morgan fingerprint density at radius 1 is 0.875 bits per heavy atom. The highest BCUT2D eigenvalue weighted by Crippen LogP contribution is 2.33. The fraction of sp³-hybridized carbons (Fsp3) is 0.364. The second-order valence-electron chi connectivity index (χ2n) is 6.71. The fourth-order valence-corrected chi connectivity index (χ4v) is 4.65. The van der Waals surface area contributed by atoms with Gasteiger partial charge in [0, 0.05) is 32.5 Å². The zero-order valence-corrected chi connectivity index (χ0v) is 23.0. The summed E-state index contributed by atoms with van der Waals surface area (Å²) in [6, 6.07) is 8.56. The summed E-state index contributed by atoms with van der Waals surface area (Å²) in [6.07, 6.45) is 0.644. The Bertz CT molecular complexity index is 1070. The number of hydrogen-bond acceptors (Lipinski definition) is 6. The lowest BCUT2D eigenvalue weighted by Crippen LogP contribution is -2.04. The zero-order valence-electron chi connectivity index (χ0n) is 18.2. The molecule has 0 N–H and O–H groups in total. The highest BCUT2D eigenvalue weighted by molar-refractivity contribution is 9.10. The van der Waals surface area contributed by atoms with E-state index in [1.807, 2.05) is 25.1 Å². The van der Waals surface area contributed by atoms with Crippen molar-refractivity contribution in [2.45, 2.75) is 45.4 Å². The maximum absolute atomic E-state index is 11.4. The van der Waals surface area contributed by atoms with Gasteiger partial charge in [-0.05, 0) is 69.2 Å². The van der Waals surface area contributed by atoms with E-state index in [0.29, 0.717) is 29.7 Å². The number of hydrogen-bond donors (Lipinski definition) is 0. The minimum Gasteiger partial charge on any atom is -0.494 e. The van der Waals surface area contributed by atoms with Crippen LogP contribution in [0.15, 0.2) is 44.2 Å². The lowest BCUT2D eigenvalue weighted by molar-refractivity contribution is -0.117. The summed E-state index contributed by atoms with van der Waals surface area (Å²) in [4.78, 5) is 22.0. The summed E-state index contributed by atoms with van der Waals surface area (Å²) in [5.74, 6) is 1.10. The Morgan fingerprint density at radius 2 is 1.41 bits per heavy atom. The van der Waals surface area contributed by atoms with Gasteiger partial charge in [-0.1, -0.05) is 31.9 Å². The number of benzene rings is 2. The SMILES string of the molecule is CCOc1cc(CC(C)=O)c(Br)cc1S(=O)(=O)Cl.CCOc1ccc(Br)c(CC(C)=O)c1. The van der Waals surface area contributed by atoms with E-state index >= 15 is 0 Å². The molecule has 6 nitrogen and oxygen atoms in total. The molecule has 0 amide bonds. The number of rotatable bonds is 9. The first-order valence-corrected chi connectivity index (χ1v) is 13.6. The predicted octanol–water partition coefficient (Wildman–Crippen LogP) is 5.89. The molecule has 2 aromatic carbocycles. The van der Waals surface area contributed by atoms with Crippen LogP contribution in [-0.4, -0.2) is 33.2 Å². The smallest absolute Gasteiger partial charge is 0.265 e. The topological polar surface area (TPSA) is 86.7 Å². The van der Waals surface area contributed by atoms with Gasteiger partial charge in [0.15, 0.2) is 0 Å². The largest absolute Gasteiger partial charge is 0.494 e. The van der Waals surface area contributed by atoms with Crippen LogP contribution in [0.5, 0.6) is 11.5 Å². The number of halogens is 3. The molecule has 0 saturated carbocycles. The summed E-state index contributed by atoms with van der Waals surface area (Å²) in [6.45, 7) is 7.66. The van der Waals surface area contributed by atoms with Crippen molar-refractivity contribution in [3.05, 3.63) is 50.4 Å².